The number of rotatable bonds is 3. The molecule has 1 aliphatic heterocycles. The second kappa shape index (κ2) is 3.82. The van der Waals surface area contributed by atoms with Gasteiger partial charge in [-0.05, 0) is 26.2 Å². The maximum atomic E-state index is 11.7. The topological polar surface area (TPSA) is 83.6 Å². The number of ketones is 1. The van der Waals surface area contributed by atoms with Gasteiger partial charge in [0, 0.05) is 13.0 Å². The minimum Gasteiger partial charge on any atom is -0.391 e. The highest BCUT2D eigenvalue weighted by molar-refractivity contribution is 5.95. The molecular weight excluding hydrogens is 208 g/mol. The number of aliphatic hydroxyl groups excluding tert-OH is 1. The van der Waals surface area contributed by atoms with E-state index in [9.17, 15) is 14.7 Å². The molecule has 5 nitrogen and oxygen atoms in total. The van der Waals surface area contributed by atoms with Crippen molar-refractivity contribution >= 4 is 11.7 Å². The van der Waals surface area contributed by atoms with Crippen molar-refractivity contribution < 1.29 is 14.7 Å². The summed E-state index contributed by atoms with van der Waals surface area (Å²) in [7, 11) is 0. The van der Waals surface area contributed by atoms with Gasteiger partial charge in [0.05, 0.1) is 11.6 Å². The molecule has 1 unspecified atom stereocenters. The van der Waals surface area contributed by atoms with Crippen LogP contribution in [0.5, 0.6) is 0 Å². The van der Waals surface area contributed by atoms with E-state index in [4.69, 9.17) is 5.73 Å². The van der Waals surface area contributed by atoms with E-state index >= 15 is 0 Å². The van der Waals surface area contributed by atoms with Gasteiger partial charge in [-0.25, -0.2) is 0 Å². The molecule has 2 aliphatic rings. The summed E-state index contributed by atoms with van der Waals surface area (Å²) in [5, 5.41) is 9.63. The molecular formula is C11H18N2O3. The lowest BCUT2D eigenvalue weighted by molar-refractivity contribution is -0.147. The molecule has 3 atom stereocenters. The van der Waals surface area contributed by atoms with Crippen LogP contribution in [0, 0.1) is 0 Å². The monoisotopic (exact) mass is 226 g/mol. The maximum Gasteiger partial charge on any atom is 0.237 e. The van der Waals surface area contributed by atoms with Crippen molar-refractivity contribution in [2.24, 2.45) is 5.73 Å². The van der Waals surface area contributed by atoms with Crippen LogP contribution in [0.2, 0.25) is 0 Å². The van der Waals surface area contributed by atoms with Gasteiger partial charge in [-0.1, -0.05) is 0 Å². The summed E-state index contributed by atoms with van der Waals surface area (Å²) in [6, 6.07) is -0.730. The molecule has 0 aromatic rings. The molecule has 2 rings (SSSR count). The van der Waals surface area contributed by atoms with E-state index in [1.54, 1.807) is 6.92 Å². The number of hydrogen-bond acceptors (Lipinski definition) is 4. The van der Waals surface area contributed by atoms with E-state index in [1.165, 1.54) is 0 Å². The average Bonchev–Trinajstić information content (AvgIpc) is 2.61. The van der Waals surface area contributed by atoms with Gasteiger partial charge in [0.15, 0.2) is 5.78 Å². The van der Waals surface area contributed by atoms with E-state index in [-0.39, 0.29) is 5.78 Å². The van der Waals surface area contributed by atoms with Crippen LogP contribution in [0.4, 0.5) is 0 Å². The van der Waals surface area contributed by atoms with Gasteiger partial charge in [0.1, 0.15) is 6.04 Å². The Balaban J connectivity index is 2.25. The molecule has 16 heavy (non-hydrogen) atoms. The fourth-order valence-corrected chi connectivity index (χ4v) is 3.04. The molecule has 1 amide bonds. The molecule has 3 N–H and O–H groups in total. The number of nitrogens with zero attached hydrogens (tertiary/aromatic N) is 1. The summed E-state index contributed by atoms with van der Waals surface area (Å²) in [5.41, 5.74) is 4.82. The summed E-state index contributed by atoms with van der Waals surface area (Å²) < 4.78 is 0. The molecule has 1 saturated heterocycles. The van der Waals surface area contributed by atoms with Crippen LogP contribution in [-0.2, 0) is 9.59 Å². The van der Waals surface area contributed by atoms with Crippen molar-refractivity contribution in [2.75, 3.05) is 6.54 Å². The molecule has 90 valence electrons. The lowest BCUT2D eigenvalue weighted by Gasteiger charge is -2.47. The number of carbonyl (C=O) groups is 2. The van der Waals surface area contributed by atoms with Crippen LogP contribution in [0.1, 0.15) is 32.6 Å². The first kappa shape index (κ1) is 11.5. The molecule has 0 aromatic heterocycles. The SMILES string of the molecule is C[C@@H](O)[C@@H](C(N)=O)N1CCCC12CCC2=O. The lowest BCUT2D eigenvalue weighted by Crippen LogP contribution is -2.65. The summed E-state index contributed by atoms with van der Waals surface area (Å²) >= 11 is 0. The number of primary amides is 1. The van der Waals surface area contributed by atoms with Crippen LogP contribution < -0.4 is 5.73 Å². The van der Waals surface area contributed by atoms with E-state index in [0.717, 1.165) is 19.3 Å². The highest BCUT2D eigenvalue weighted by Gasteiger charge is 2.56. The normalized spacial score (nSPS) is 33.8. The van der Waals surface area contributed by atoms with Gasteiger partial charge in [0.2, 0.25) is 5.91 Å². The van der Waals surface area contributed by atoms with E-state index in [1.807, 2.05) is 4.90 Å². The average molecular weight is 226 g/mol. The lowest BCUT2D eigenvalue weighted by atomic mass is 9.72. The maximum absolute atomic E-state index is 11.7. The molecule has 0 radical (unpaired) electrons. The molecule has 1 spiro atoms. The molecule has 1 heterocycles. The van der Waals surface area contributed by atoms with Gasteiger partial charge in [-0.2, -0.15) is 0 Å². The number of aliphatic hydroxyl groups is 1. The summed E-state index contributed by atoms with van der Waals surface area (Å²) in [4.78, 5) is 24.9. The van der Waals surface area contributed by atoms with Crippen LogP contribution in [0.25, 0.3) is 0 Å². The molecule has 0 bridgehead atoms. The van der Waals surface area contributed by atoms with Gasteiger partial charge in [-0.15, -0.1) is 0 Å². The first-order chi connectivity index (χ1) is 7.49. The summed E-state index contributed by atoms with van der Waals surface area (Å²) in [6.45, 7) is 2.22. The van der Waals surface area contributed by atoms with Crippen LogP contribution in [-0.4, -0.2) is 45.9 Å². The van der Waals surface area contributed by atoms with Gasteiger partial charge < -0.3 is 10.8 Å². The number of hydrogen-bond donors (Lipinski definition) is 2. The number of Topliss-reactive ketones (excluding diaryl/α,β-unsaturated/α-hetero) is 1. The van der Waals surface area contributed by atoms with E-state index < -0.39 is 23.6 Å². The van der Waals surface area contributed by atoms with Crippen LogP contribution in [0.15, 0.2) is 0 Å². The van der Waals surface area contributed by atoms with Gasteiger partial charge >= 0.3 is 0 Å². The summed E-state index contributed by atoms with van der Waals surface area (Å²) in [6.07, 6.45) is 2.23. The third kappa shape index (κ3) is 1.46. The number of likely N-dealkylation sites (tertiary alicyclic amines) is 1. The first-order valence-electron chi connectivity index (χ1n) is 5.76. The molecule has 0 aromatic carbocycles. The third-order valence-corrected chi connectivity index (χ3v) is 3.91. The molecule has 5 heteroatoms. The number of amides is 1. The van der Waals surface area contributed by atoms with Crippen molar-refractivity contribution in [2.45, 2.75) is 50.3 Å². The van der Waals surface area contributed by atoms with Crippen molar-refractivity contribution in [1.29, 1.82) is 0 Å². The van der Waals surface area contributed by atoms with Crippen molar-refractivity contribution in [3.05, 3.63) is 0 Å². The highest BCUT2D eigenvalue weighted by atomic mass is 16.3. The largest absolute Gasteiger partial charge is 0.391 e. The van der Waals surface area contributed by atoms with Crippen molar-refractivity contribution in [1.82, 2.24) is 4.90 Å². The standard InChI is InChI=1S/C11H18N2O3/c1-7(14)9(10(12)16)13-6-2-4-11(13)5-3-8(11)15/h7,9,14H,2-6H2,1H3,(H2,12,16)/t7-,9+,11?/m1/s1. The first-order valence-corrected chi connectivity index (χ1v) is 5.76. The Morgan fingerprint density at radius 3 is 2.62 bits per heavy atom. The molecule has 1 aliphatic carbocycles. The van der Waals surface area contributed by atoms with E-state index in [0.29, 0.717) is 13.0 Å². The number of carbonyl (C=O) groups excluding carboxylic acids is 2. The van der Waals surface area contributed by atoms with Gasteiger partial charge in [-0.3, -0.25) is 14.5 Å². The van der Waals surface area contributed by atoms with Crippen LogP contribution in [0.3, 0.4) is 0 Å². The Bertz CT molecular complexity index is 329. The second-order valence-electron chi connectivity index (χ2n) is 4.84. The zero-order valence-corrected chi connectivity index (χ0v) is 9.48. The minimum absolute atomic E-state index is 0.192. The quantitative estimate of drug-likeness (QED) is 0.674. The zero-order chi connectivity index (χ0) is 11.9. The van der Waals surface area contributed by atoms with E-state index in [2.05, 4.69) is 0 Å². The van der Waals surface area contributed by atoms with Crippen molar-refractivity contribution in [3.63, 3.8) is 0 Å². The Labute approximate surface area is 94.6 Å². The smallest absolute Gasteiger partial charge is 0.237 e. The molecule has 1 saturated carbocycles. The van der Waals surface area contributed by atoms with Crippen LogP contribution >= 0.6 is 0 Å². The number of nitrogens with two attached hydrogens (primary N) is 1. The Kier molecular flexibility index (Phi) is 2.75. The van der Waals surface area contributed by atoms with Crippen molar-refractivity contribution in [3.8, 4) is 0 Å². The Morgan fingerprint density at radius 2 is 2.25 bits per heavy atom. The highest BCUT2D eigenvalue weighted by Crippen LogP contribution is 2.44. The predicted octanol–water partition coefficient (Wildman–Crippen LogP) is -0.581. The fourth-order valence-electron chi connectivity index (χ4n) is 3.04. The molecule has 2 fully saturated rings. The Hall–Kier alpha value is -0.940. The third-order valence-electron chi connectivity index (χ3n) is 3.91. The second-order valence-corrected chi connectivity index (χ2v) is 4.84. The minimum atomic E-state index is -0.833. The fraction of sp³-hybridized carbons (Fsp3) is 0.818. The Morgan fingerprint density at radius 1 is 1.56 bits per heavy atom. The predicted molar refractivity (Wildman–Crippen MR) is 57.6 cm³/mol. The summed E-state index contributed by atoms with van der Waals surface area (Å²) in [5.74, 6) is -0.354. The zero-order valence-electron chi connectivity index (χ0n) is 9.48. The van der Waals surface area contributed by atoms with Gasteiger partial charge in [0.25, 0.3) is 0 Å².